The van der Waals surface area contributed by atoms with E-state index in [1.165, 1.54) is 12.3 Å². The van der Waals surface area contributed by atoms with Crippen molar-refractivity contribution >= 4 is 5.91 Å². The summed E-state index contributed by atoms with van der Waals surface area (Å²) >= 11 is 0. The van der Waals surface area contributed by atoms with Crippen LogP contribution in [0.1, 0.15) is 12.3 Å². The lowest BCUT2D eigenvalue weighted by molar-refractivity contribution is -0.130. The minimum absolute atomic E-state index is 0.0303. The van der Waals surface area contributed by atoms with Crippen LogP contribution in [0.25, 0.3) is 11.3 Å². The van der Waals surface area contributed by atoms with E-state index in [0.717, 1.165) is 5.75 Å². The van der Waals surface area contributed by atoms with Gasteiger partial charge in [-0.3, -0.25) is 4.79 Å². The van der Waals surface area contributed by atoms with Gasteiger partial charge in [0.25, 0.3) is 0 Å². The van der Waals surface area contributed by atoms with Gasteiger partial charge in [0.1, 0.15) is 18.2 Å². The highest BCUT2D eigenvalue weighted by atomic mass is 19.1. The predicted octanol–water partition coefficient (Wildman–Crippen LogP) is 3.95. The number of ether oxygens (including phenoxy) is 1. The molecule has 0 radical (unpaired) electrons. The molecule has 0 bridgehead atoms. The molecular weight excluding hydrogens is 347 g/mol. The van der Waals surface area contributed by atoms with Crippen LogP contribution in [0.2, 0.25) is 0 Å². The topological polar surface area (TPSA) is 55.6 Å². The second-order valence-corrected chi connectivity index (χ2v) is 6.07. The Morgan fingerprint density at radius 3 is 2.67 bits per heavy atom. The number of hydrogen-bond acceptors (Lipinski definition) is 4. The molecule has 1 aromatic heterocycles. The van der Waals surface area contributed by atoms with Crippen molar-refractivity contribution in [3.63, 3.8) is 0 Å². The summed E-state index contributed by atoms with van der Waals surface area (Å²) in [5.74, 6) is 1.15. The Morgan fingerprint density at radius 1 is 1.15 bits per heavy atom. The minimum atomic E-state index is -0.366. The summed E-state index contributed by atoms with van der Waals surface area (Å²) in [6.45, 7) is 0.905. The first kappa shape index (κ1) is 18.6. The smallest absolute Gasteiger partial charge is 0.222 e. The summed E-state index contributed by atoms with van der Waals surface area (Å²) in [5, 5.41) is 0. The largest absolute Gasteiger partial charge is 0.492 e. The van der Waals surface area contributed by atoms with Crippen LogP contribution in [0.3, 0.4) is 0 Å². The lowest BCUT2D eigenvalue weighted by Crippen LogP contribution is -2.31. The molecule has 0 N–H and O–H groups in total. The molecule has 3 rings (SSSR count). The van der Waals surface area contributed by atoms with Crippen molar-refractivity contribution in [2.24, 2.45) is 0 Å². The van der Waals surface area contributed by atoms with Crippen LogP contribution in [0.15, 0.2) is 65.2 Å². The van der Waals surface area contributed by atoms with E-state index in [0.29, 0.717) is 36.8 Å². The van der Waals surface area contributed by atoms with Crippen LogP contribution in [0.4, 0.5) is 4.39 Å². The lowest BCUT2D eigenvalue weighted by Gasteiger charge is -2.17. The molecule has 1 amide bonds. The highest BCUT2D eigenvalue weighted by Gasteiger charge is 2.13. The fraction of sp³-hybridized carbons (Fsp3) is 0.238. The highest BCUT2D eigenvalue weighted by Crippen LogP contribution is 2.23. The van der Waals surface area contributed by atoms with Gasteiger partial charge in [0.2, 0.25) is 5.91 Å². The summed E-state index contributed by atoms with van der Waals surface area (Å²) in [4.78, 5) is 18.0. The number of amides is 1. The zero-order valence-corrected chi connectivity index (χ0v) is 15.1. The fourth-order valence-electron chi connectivity index (χ4n) is 2.56. The molecule has 0 aliphatic carbocycles. The molecule has 27 heavy (non-hydrogen) atoms. The SMILES string of the molecule is CN(CCOc1ccccc1)C(=O)CCc1ncc(-c2ccccc2F)o1. The molecule has 3 aromatic rings. The molecule has 140 valence electrons. The van der Waals surface area contributed by atoms with Gasteiger partial charge in [-0.2, -0.15) is 0 Å². The number of aromatic nitrogens is 1. The second-order valence-electron chi connectivity index (χ2n) is 6.07. The Morgan fingerprint density at radius 2 is 1.89 bits per heavy atom. The number of rotatable bonds is 8. The molecule has 5 nitrogen and oxygen atoms in total. The van der Waals surface area contributed by atoms with E-state index in [2.05, 4.69) is 4.98 Å². The van der Waals surface area contributed by atoms with Crippen LogP contribution in [-0.4, -0.2) is 36.0 Å². The maximum atomic E-state index is 13.8. The van der Waals surface area contributed by atoms with E-state index in [1.54, 1.807) is 30.1 Å². The third-order valence-corrected chi connectivity index (χ3v) is 4.11. The average Bonchev–Trinajstić information content (AvgIpc) is 3.16. The summed E-state index contributed by atoms with van der Waals surface area (Å²) in [7, 11) is 1.73. The first-order chi connectivity index (χ1) is 13.1. The monoisotopic (exact) mass is 368 g/mol. The van der Waals surface area contributed by atoms with Crippen molar-refractivity contribution < 1.29 is 18.3 Å². The number of oxazole rings is 1. The molecule has 0 aliphatic heterocycles. The van der Waals surface area contributed by atoms with E-state index < -0.39 is 0 Å². The van der Waals surface area contributed by atoms with Gasteiger partial charge in [-0.15, -0.1) is 0 Å². The summed E-state index contributed by atoms with van der Waals surface area (Å²) in [6.07, 6.45) is 2.10. The van der Waals surface area contributed by atoms with E-state index in [1.807, 2.05) is 30.3 Å². The Balaban J connectivity index is 1.45. The molecule has 0 saturated carbocycles. The van der Waals surface area contributed by atoms with Gasteiger partial charge >= 0.3 is 0 Å². The zero-order valence-electron chi connectivity index (χ0n) is 15.1. The maximum Gasteiger partial charge on any atom is 0.222 e. The lowest BCUT2D eigenvalue weighted by atomic mass is 10.2. The number of aryl methyl sites for hydroxylation is 1. The Labute approximate surface area is 157 Å². The van der Waals surface area contributed by atoms with Gasteiger partial charge in [-0.1, -0.05) is 30.3 Å². The average molecular weight is 368 g/mol. The zero-order chi connectivity index (χ0) is 19.1. The molecule has 0 aliphatic rings. The van der Waals surface area contributed by atoms with Crippen molar-refractivity contribution in [2.45, 2.75) is 12.8 Å². The van der Waals surface area contributed by atoms with Crippen molar-refractivity contribution in [2.75, 3.05) is 20.2 Å². The van der Waals surface area contributed by atoms with Crippen LogP contribution in [-0.2, 0) is 11.2 Å². The van der Waals surface area contributed by atoms with E-state index >= 15 is 0 Å². The fourth-order valence-corrected chi connectivity index (χ4v) is 2.56. The molecule has 0 atom stereocenters. The highest BCUT2D eigenvalue weighted by molar-refractivity contribution is 5.76. The van der Waals surface area contributed by atoms with E-state index in [9.17, 15) is 9.18 Å². The molecular formula is C21H21FN2O3. The number of carbonyl (C=O) groups excluding carboxylic acids is 1. The van der Waals surface area contributed by atoms with Crippen LogP contribution < -0.4 is 4.74 Å². The number of nitrogens with zero attached hydrogens (tertiary/aromatic N) is 2. The number of carbonyl (C=O) groups is 1. The molecule has 2 aromatic carbocycles. The van der Waals surface area contributed by atoms with Gasteiger partial charge in [0.05, 0.1) is 18.3 Å². The van der Waals surface area contributed by atoms with E-state index in [-0.39, 0.29) is 18.1 Å². The van der Waals surface area contributed by atoms with Crippen molar-refractivity contribution in [3.8, 4) is 17.1 Å². The van der Waals surface area contributed by atoms with Gasteiger partial charge < -0.3 is 14.1 Å². The first-order valence-electron chi connectivity index (χ1n) is 8.75. The molecule has 0 saturated heterocycles. The van der Waals surface area contributed by atoms with Crippen LogP contribution in [0.5, 0.6) is 5.75 Å². The number of hydrogen-bond donors (Lipinski definition) is 0. The predicted molar refractivity (Wildman–Crippen MR) is 99.8 cm³/mol. The molecule has 0 spiro atoms. The number of para-hydroxylation sites is 1. The first-order valence-corrected chi connectivity index (χ1v) is 8.75. The minimum Gasteiger partial charge on any atom is -0.492 e. The van der Waals surface area contributed by atoms with Gasteiger partial charge in [0, 0.05) is 19.9 Å². The van der Waals surface area contributed by atoms with E-state index in [4.69, 9.17) is 9.15 Å². The number of benzene rings is 2. The maximum absolute atomic E-state index is 13.8. The van der Waals surface area contributed by atoms with Gasteiger partial charge in [0.15, 0.2) is 11.7 Å². The normalized spacial score (nSPS) is 10.6. The van der Waals surface area contributed by atoms with Crippen molar-refractivity contribution in [1.29, 1.82) is 0 Å². The summed E-state index contributed by atoms with van der Waals surface area (Å²) in [5.41, 5.74) is 0.359. The van der Waals surface area contributed by atoms with Crippen LogP contribution in [0, 0.1) is 5.82 Å². The molecule has 0 fully saturated rings. The Kier molecular flexibility index (Phi) is 6.20. The number of halogens is 1. The standard InChI is InChI=1S/C21H21FN2O3/c1-24(13-14-26-16-7-3-2-4-8-16)21(25)12-11-20-23-15-19(27-20)17-9-5-6-10-18(17)22/h2-10,15H,11-14H2,1H3. The summed E-state index contributed by atoms with van der Waals surface area (Å²) in [6, 6.07) is 15.8. The number of likely N-dealkylation sites (N-methyl/N-ethyl adjacent to an activating group) is 1. The van der Waals surface area contributed by atoms with Crippen molar-refractivity contribution in [1.82, 2.24) is 9.88 Å². The Hall–Kier alpha value is -3.15. The van der Waals surface area contributed by atoms with Crippen molar-refractivity contribution in [3.05, 3.63) is 72.5 Å². The molecule has 6 heteroatoms. The van der Waals surface area contributed by atoms with Gasteiger partial charge in [-0.25, -0.2) is 9.37 Å². The Bertz CT molecular complexity index is 880. The third-order valence-electron chi connectivity index (χ3n) is 4.11. The molecule has 0 unspecified atom stereocenters. The molecule has 1 heterocycles. The quantitative estimate of drug-likeness (QED) is 0.604. The third kappa shape index (κ3) is 5.17. The second kappa shape index (κ2) is 8.98. The van der Waals surface area contributed by atoms with Gasteiger partial charge in [-0.05, 0) is 24.3 Å². The summed E-state index contributed by atoms with van der Waals surface area (Å²) < 4.78 is 25.0. The van der Waals surface area contributed by atoms with Crippen LogP contribution >= 0.6 is 0 Å².